The van der Waals surface area contributed by atoms with Crippen molar-refractivity contribution in [3.05, 3.63) is 57.5 Å². The van der Waals surface area contributed by atoms with Gasteiger partial charge < -0.3 is 10.2 Å². The van der Waals surface area contributed by atoms with Gasteiger partial charge in [0.1, 0.15) is 0 Å². The number of nitro groups is 1. The lowest BCUT2D eigenvalue weighted by Crippen LogP contribution is -2.35. The Labute approximate surface area is 99.9 Å². The van der Waals surface area contributed by atoms with Crippen LogP contribution in [0.3, 0.4) is 0 Å². The Hall–Kier alpha value is -2.04. The highest BCUT2D eigenvalue weighted by Gasteiger charge is 2.18. The highest BCUT2D eigenvalue weighted by atomic mass is 16.6. The van der Waals surface area contributed by atoms with Crippen LogP contribution in [0.1, 0.15) is 11.1 Å². The number of fused-ring (bicyclic) bond motifs is 1. The summed E-state index contributed by atoms with van der Waals surface area (Å²) in [6.07, 6.45) is 1.95. The fourth-order valence-electron chi connectivity index (χ4n) is 2.11. The van der Waals surface area contributed by atoms with Crippen molar-refractivity contribution in [2.75, 3.05) is 13.6 Å². The van der Waals surface area contributed by atoms with Gasteiger partial charge in [-0.05, 0) is 17.5 Å². The van der Waals surface area contributed by atoms with Gasteiger partial charge in [0.05, 0.1) is 4.92 Å². The molecule has 5 nitrogen and oxygen atoms in total. The summed E-state index contributed by atoms with van der Waals surface area (Å²) >= 11 is 0. The molecule has 90 valence electrons. The van der Waals surface area contributed by atoms with Gasteiger partial charge in [0.25, 0.3) is 6.20 Å². The van der Waals surface area contributed by atoms with Crippen LogP contribution in [0.15, 0.2) is 36.3 Å². The van der Waals surface area contributed by atoms with Gasteiger partial charge in [-0.1, -0.05) is 24.3 Å². The standard InChI is InChI=1S/C12H15N3O2/c1-13-12(9-15(16)17)14-7-6-10-4-2-3-5-11(10)8-14/h2-5,9,13H,6-8H2,1H3/b12-9+. The van der Waals surface area contributed by atoms with E-state index in [0.717, 1.165) is 25.7 Å². The lowest BCUT2D eigenvalue weighted by Gasteiger charge is -2.30. The largest absolute Gasteiger partial charge is 0.370 e. The Morgan fingerprint density at radius 1 is 1.47 bits per heavy atom. The van der Waals surface area contributed by atoms with Gasteiger partial charge in [-0.3, -0.25) is 10.1 Å². The van der Waals surface area contributed by atoms with Crippen LogP contribution in [0, 0.1) is 10.1 Å². The Kier molecular flexibility index (Phi) is 3.27. The van der Waals surface area contributed by atoms with Crippen LogP contribution in [0.5, 0.6) is 0 Å². The molecule has 0 saturated heterocycles. The molecule has 1 aliphatic rings. The maximum absolute atomic E-state index is 10.5. The zero-order valence-corrected chi connectivity index (χ0v) is 9.72. The van der Waals surface area contributed by atoms with Gasteiger partial charge >= 0.3 is 0 Å². The molecule has 0 aliphatic carbocycles. The normalized spacial score (nSPS) is 15.4. The first kappa shape index (κ1) is 11.4. The van der Waals surface area contributed by atoms with Crippen LogP contribution in [-0.2, 0) is 13.0 Å². The molecule has 0 atom stereocenters. The third-order valence-corrected chi connectivity index (χ3v) is 2.96. The molecule has 1 aromatic rings. The zero-order valence-electron chi connectivity index (χ0n) is 9.72. The number of benzene rings is 1. The Balaban J connectivity index is 2.19. The van der Waals surface area contributed by atoms with E-state index in [1.54, 1.807) is 7.05 Å². The van der Waals surface area contributed by atoms with Crippen molar-refractivity contribution in [2.45, 2.75) is 13.0 Å². The van der Waals surface area contributed by atoms with Crippen molar-refractivity contribution in [2.24, 2.45) is 0 Å². The molecule has 0 fully saturated rings. The topological polar surface area (TPSA) is 58.4 Å². The number of hydrogen-bond donors (Lipinski definition) is 1. The van der Waals surface area contributed by atoms with Gasteiger partial charge in [0, 0.05) is 20.1 Å². The van der Waals surface area contributed by atoms with Gasteiger partial charge in [0.15, 0.2) is 5.82 Å². The molecule has 0 amide bonds. The number of rotatable bonds is 3. The molecule has 1 aromatic carbocycles. The van der Waals surface area contributed by atoms with Crippen molar-refractivity contribution >= 4 is 0 Å². The molecule has 0 radical (unpaired) electrons. The van der Waals surface area contributed by atoms with Crippen molar-refractivity contribution in [1.82, 2.24) is 10.2 Å². The molecule has 1 heterocycles. The summed E-state index contributed by atoms with van der Waals surface area (Å²) in [4.78, 5) is 12.1. The summed E-state index contributed by atoms with van der Waals surface area (Å²) in [5.41, 5.74) is 2.57. The Morgan fingerprint density at radius 3 is 2.82 bits per heavy atom. The maximum atomic E-state index is 10.5. The van der Waals surface area contributed by atoms with Crippen LogP contribution in [0.25, 0.3) is 0 Å². The predicted molar refractivity (Wildman–Crippen MR) is 64.7 cm³/mol. The minimum Gasteiger partial charge on any atom is -0.370 e. The second-order valence-corrected chi connectivity index (χ2v) is 3.99. The van der Waals surface area contributed by atoms with Crippen molar-refractivity contribution < 1.29 is 4.92 Å². The summed E-state index contributed by atoms with van der Waals surface area (Å²) < 4.78 is 0. The average molecular weight is 233 g/mol. The lowest BCUT2D eigenvalue weighted by molar-refractivity contribution is -0.404. The summed E-state index contributed by atoms with van der Waals surface area (Å²) in [6, 6.07) is 8.21. The van der Waals surface area contributed by atoms with Gasteiger partial charge in [-0.25, -0.2) is 0 Å². The van der Waals surface area contributed by atoms with E-state index in [0.29, 0.717) is 5.82 Å². The molecule has 0 aromatic heterocycles. The van der Waals surface area contributed by atoms with Gasteiger partial charge in [-0.2, -0.15) is 0 Å². The Morgan fingerprint density at radius 2 is 2.18 bits per heavy atom. The average Bonchev–Trinajstić information content (AvgIpc) is 2.35. The predicted octanol–water partition coefficient (Wildman–Crippen LogP) is 1.34. The fraction of sp³-hybridized carbons (Fsp3) is 0.333. The maximum Gasteiger partial charge on any atom is 0.274 e. The molecule has 17 heavy (non-hydrogen) atoms. The highest BCUT2D eigenvalue weighted by molar-refractivity contribution is 5.29. The number of nitrogens with zero attached hydrogens (tertiary/aromatic N) is 2. The molecule has 5 heteroatoms. The van der Waals surface area contributed by atoms with E-state index in [-0.39, 0.29) is 0 Å². The second-order valence-electron chi connectivity index (χ2n) is 3.99. The van der Waals surface area contributed by atoms with Crippen molar-refractivity contribution in [3.63, 3.8) is 0 Å². The van der Waals surface area contributed by atoms with E-state index in [1.807, 2.05) is 17.0 Å². The molecular weight excluding hydrogens is 218 g/mol. The second kappa shape index (κ2) is 4.86. The van der Waals surface area contributed by atoms with Crippen LogP contribution in [-0.4, -0.2) is 23.4 Å². The molecule has 0 spiro atoms. The summed E-state index contributed by atoms with van der Waals surface area (Å²) in [5, 5.41) is 13.4. The van der Waals surface area contributed by atoms with Crippen molar-refractivity contribution in [1.29, 1.82) is 0 Å². The minimum absolute atomic E-state index is 0.424. The Bertz CT molecular complexity index is 457. The highest BCUT2D eigenvalue weighted by Crippen LogP contribution is 2.20. The fourth-order valence-corrected chi connectivity index (χ4v) is 2.11. The first-order valence-electron chi connectivity index (χ1n) is 5.55. The lowest BCUT2D eigenvalue weighted by atomic mass is 10.0. The molecule has 0 unspecified atom stereocenters. The van der Waals surface area contributed by atoms with E-state index in [2.05, 4.69) is 17.4 Å². The molecule has 0 saturated carbocycles. The van der Waals surface area contributed by atoms with Gasteiger partial charge in [-0.15, -0.1) is 0 Å². The SMILES string of the molecule is CN/C(=C\[N+](=O)[O-])N1CCc2ccccc2C1. The first-order chi connectivity index (χ1) is 8.20. The van der Waals surface area contributed by atoms with Crippen LogP contribution in [0.2, 0.25) is 0 Å². The molecule has 2 rings (SSSR count). The minimum atomic E-state index is -0.424. The summed E-state index contributed by atoms with van der Waals surface area (Å²) in [5.74, 6) is 0.560. The quantitative estimate of drug-likeness (QED) is 0.632. The third kappa shape index (κ3) is 2.55. The van der Waals surface area contributed by atoms with Gasteiger partial charge in [0.2, 0.25) is 0 Å². The summed E-state index contributed by atoms with van der Waals surface area (Å²) in [7, 11) is 1.70. The van der Waals surface area contributed by atoms with E-state index in [1.165, 1.54) is 11.1 Å². The molecule has 1 aliphatic heterocycles. The van der Waals surface area contributed by atoms with Crippen molar-refractivity contribution in [3.8, 4) is 0 Å². The molecule has 1 N–H and O–H groups in total. The third-order valence-electron chi connectivity index (χ3n) is 2.96. The van der Waals surface area contributed by atoms with Crippen LogP contribution < -0.4 is 5.32 Å². The number of nitrogens with one attached hydrogen (secondary N) is 1. The monoisotopic (exact) mass is 233 g/mol. The van der Waals surface area contributed by atoms with E-state index < -0.39 is 4.92 Å². The molecular formula is C12H15N3O2. The van der Waals surface area contributed by atoms with E-state index in [4.69, 9.17) is 0 Å². The summed E-state index contributed by atoms with van der Waals surface area (Å²) in [6.45, 7) is 1.52. The van der Waals surface area contributed by atoms with E-state index in [9.17, 15) is 10.1 Å². The van der Waals surface area contributed by atoms with E-state index >= 15 is 0 Å². The number of hydrogen-bond acceptors (Lipinski definition) is 4. The smallest absolute Gasteiger partial charge is 0.274 e. The first-order valence-corrected chi connectivity index (χ1v) is 5.55. The van der Waals surface area contributed by atoms with Crippen LogP contribution >= 0.6 is 0 Å². The van der Waals surface area contributed by atoms with Crippen LogP contribution in [0.4, 0.5) is 0 Å². The molecule has 0 bridgehead atoms. The zero-order chi connectivity index (χ0) is 12.3.